The fourth-order valence-corrected chi connectivity index (χ4v) is 3.90. The zero-order valence-electron chi connectivity index (χ0n) is 15.9. The minimum Gasteiger partial charge on any atom is -0.507 e. The molecule has 0 radical (unpaired) electrons. The number of methoxy groups -OCH3 is 1. The Kier molecular flexibility index (Phi) is 4.47. The summed E-state index contributed by atoms with van der Waals surface area (Å²) in [6.45, 7) is 10.8. The van der Waals surface area contributed by atoms with E-state index in [0.717, 1.165) is 28.0 Å². The standard InChI is InChI=1S/C23H26O2/c1-13-10-11-20(24)19(12-13)18-8-7-9-21(25-6)23(18)22-16(4)14(2)15(3)17(22)5/h7-12,22,24H,1-6H3. The van der Waals surface area contributed by atoms with Crippen LogP contribution < -0.4 is 4.74 Å². The molecule has 0 fully saturated rings. The van der Waals surface area contributed by atoms with Gasteiger partial charge in [0.2, 0.25) is 0 Å². The van der Waals surface area contributed by atoms with Gasteiger partial charge in [0.05, 0.1) is 7.11 Å². The van der Waals surface area contributed by atoms with Crippen LogP contribution in [0.25, 0.3) is 11.1 Å². The van der Waals surface area contributed by atoms with Gasteiger partial charge < -0.3 is 9.84 Å². The van der Waals surface area contributed by atoms with Gasteiger partial charge in [-0.2, -0.15) is 0 Å². The van der Waals surface area contributed by atoms with Crippen molar-refractivity contribution in [3.8, 4) is 22.6 Å². The van der Waals surface area contributed by atoms with Crippen molar-refractivity contribution in [1.29, 1.82) is 0 Å². The highest BCUT2D eigenvalue weighted by atomic mass is 16.5. The molecule has 0 heterocycles. The van der Waals surface area contributed by atoms with Gasteiger partial charge in [-0.3, -0.25) is 0 Å². The fraction of sp³-hybridized carbons (Fsp3) is 0.304. The van der Waals surface area contributed by atoms with Crippen molar-refractivity contribution >= 4 is 0 Å². The van der Waals surface area contributed by atoms with Crippen LogP contribution in [0.1, 0.15) is 44.7 Å². The summed E-state index contributed by atoms with van der Waals surface area (Å²) in [5, 5.41) is 10.5. The Hall–Kier alpha value is -2.48. The molecule has 3 rings (SSSR count). The van der Waals surface area contributed by atoms with Crippen LogP contribution in [0.3, 0.4) is 0 Å². The van der Waals surface area contributed by atoms with Crippen LogP contribution in [0.5, 0.6) is 11.5 Å². The summed E-state index contributed by atoms with van der Waals surface area (Å²) in [5.74, 6) is 1.35. The first-order chi connectivity index (χ1) is 11.9. The highest BCUT2D eigenvalue weighted by molar-refractivity contribution is 5.78. The lowest BCUT2D eigenvalue weighted by atomic mass is 9.83. The monoisotopic (exact) mass is 334 g/mol. The fourth-order valence-electron chi connectivity index (χ4n) is 3.90. The SMILES string of the molecule is COc1cccc(-c2cc(C)ccc2O)c1C1C(C)=C(C)C(C)=C1C. The minimum absolute atomic E-state index is 0.186. The normalized spacial score (nSPS) is 15.3. The lowest BCUT2D eigenvalue weighted by Crippen LogP contribution is -2.05. The maximum atomic E-state index is 10.5. The van der Waals surface area contributed by atoms with Gasteiger partial charge in [0.15, 0.2) is 0 Å². The molecule has 1 aliphatic rings. The Labute approximate surface area is 150 Å². The number of hydrogen-bond donors (Lipinski definition) is 1. The molecule has 2 nitrogen and oxygen atoms in total. The van der Waals surface area contributed by atoms with E-state index < -0.39 is 0 Å². The molecule has 2 aromatic carbocycles. The average Bonchev–Trinajstić information content (AvgIpc) is 2.79. The maximum Gasteiger partial charge on any atom is 0.123 e. The highest BCUT2D eigenvalue weighted by Gasteiger charge is 2.30. The van der Waals surface area contributed by atoms with Crippen LogP contribution in [0.4, 0.5) is 0 Å². The number of ether oxygens (including phenoxy) is 1. The number of rotatable bonds is 3. The predicted octanol–water partition coefficient (Wildman–Crippen LogP) is 6.15. The van der Waals surface area contributed by atoms with E-state index in [9.17, 15) is 5.11 Å². The molecule has 0 amide bonds. The number of benzene rings is 2. The third-order valence-corrected chi connectivity index (χ3v) is 5.63. The third kappa shape index (κ3) is 2.76. The summed E-state index contributed by atoms with van der Waals surface area (Å²) >= 11 is 0. The quantitative estimate of drug-likeness (QED) is 0.730. The summed E-state index contributed by atoms with van der Waals surface area (Å²) in [6.07, 6.45) is 0. The van der Waals surface area contributed by atoms with Gasteiger partial charge in [-0.25, -0.2) is 0 Å². The van der Waals surface area contributed by atoms with Crippen molar-refractivity contribution in [1.82, 2.24) is 0 Å². The summed E-state index contributed by atoms with van der Waals surface area (Å²) < 4.78 is 5.73. The Balaban J connectivity index is 2.33. The Morgan fingerprint density at radius 3 is 2.08 bits per heavy atom. The van der Waals surface area contributed by atoms with Gasteiger partial charge in [-0.15, -0.1) is 0 Å². The smallest absolute Gasteiger partial charge is 0.123 e. The predicted molar refractivity (Wildman–Crippen MR) is 104 cm³/mol. The molecule has 25 heavy (non-hydrogen) atoms. The van der Waals surface area contributed by atoms with Gasteiger partial charge >= 0.3 is 0 Å². The summed E-state index contributed by atoms with van der Waals surface area (Å²) in [4.78, 5) is 0. The molecule has 1 aliphatic carbocycles. The average molecular weight is 334 g/mol. The maximum absolute atomic E-state index is 10.5. The zero-order valence-corrected chi connectivity index (χ0v) is 15.9. The molecule has 2 aromatic rings. The van der Waals surface area contributed by atoms with Gasteiger partial charge in [0.25, 0.3) is 0 Å². The number of allylic oxidation sites excluding steroid dienone is 4. The molecule has 0 saturated heterocycles. The van der Waals surface area contributed by atoms with Crippen LogP contribution in [-0.4, -0.2) is 12.2 Å². The van der Waals surface area contributed by atoms with Crippen LogP contribution in [0.2, 0.25) is 0 Å². The molecule has 1 N–H and O–H groups in total. The number of hydrogen-bond acceptors (Lipinski definition) is 2. The molecule has 0 atom stereocenters. The first kappa shape index (κ1) is 17.3. The van der Waals surface area contributed by atoms with Crippen LogP contribution in [-0.2, 0) is 0 Å². The van der Waals surface area contributed by atoms with Crippen molar-refractivity contribution in [2.45, 2.75) is 40.5 Å². The summed E-state index contributed by atoms with van der Waals surface area (Å²) in [5.41, 5.74) is 9.57. The van der Waals surface area contributed by atoms with E-state index in [1.807, 2.05) is 31.2 Å². The van der Waals surface area contributed by atoms with Gasteiger partial charge in [-0.05, 0) is 69.5 Å². The topological polar surface area (TPSA) is 29.5 Å². The van der Waals surface area contributed by atoms with Gasteiger partial charge in [0, 0.05) is 17.0 Å². The zero-order chi connectivity index (χ0) is 18.3. The minimum atomic E-state index is 0.186. The molecule has 0 spiro atoms. The molecular formula is C23H26O2. The lowest BCUT2D eigenvalue weighted by molar-refractivity contribution is 0.409. The van der Waals surface area contributed by atoms with E-state index in [1.54, 1.807) is 13.2 Å². The summed E-state index contributed by atoms with van der Waals surface area (Å²) in [7, 11) is 1.71. The number of phenolic OH excluding ortho intramolecular Hbond substituents is 1. The van der Waals surface area contributed by atoms with Gasteiger partial charge in [-0.1, -0.05) is 34.9 Å². The van der Waals surface area contributed by atoms with E-state index in [1.165, 1.54) is 22.3 Å². The van der Waals surface area contributed by atoms with E-state index in [2.05, 4.69) is 33.8 Å². The second-order valence-electron chi connectivity index (χ2n) is 6.99. The van der Waals surface area contributed by atoms with E-state index in [-0.39, 0.29) is 5.92 Å². The molecule has 130 valence electrons. The molecular weight excluding hydrogens is 308 g/mol. The Bertz CT molecular complexity index is 876. The molecule has 0 aliphatic heterocycles. The summed E-state index contributed by atoms with van der Waals surface area (Å²) in [6, 6.07) is 11.8. The third-order valence-electron chi connectivity index (χ3n) is 5.63. The highest BCUT2D eigenvalue weighted by Crippen LogP contribution is 2.50. The first-order valence-corrected chi connectivity index (χ1v) is 8.68. The van der Waals surface area contributed by atoms with Crippen LogP contribution >= 0.6 is 0 Å². The Morgan fingerprint density at radius 1 is 0.840 bits per heavy atom. The lowest BCUT2D eigenvalue weighted by Gasteiger charge is -2.23. The molecule has 0 saturated carbocycles. The largest absolute Gasteiger partial charge is 0.507 e. The molecule has 2 heteroatoms. The number of aryl methyl sites for hydroxylation is 1. The molecule has 0 aromatic heterocycles. The van der Waals surface area contributed by atoms with Crippen molar-refractivity contribution < 1.29 is 9.84 Å². The first-order valence-electron chi connectivity index (χ1n) is 8.68. The van der Waals surface area contributed by atoms with Crippen LogP contribution in [0.15, 0.2) is 58.7 Å². The number of aromatic hydroxyl groups is 1. The van der Waals surface area contributed by atoms with Crippen molar-refractivity contribution in [2.24, 2.45) is 0 Å². The number of phenols is 1. The van der Waals surface area contributed by atoms with Crippen molar-refractivity contribution in [3.05, 3.63) is 69.8 Å². The second-order valence-corrected chi connectivity index (χ2v) is 6.99. The second kappa shape index (κ2) is 6.44. The van der Waals surface area contributed by atoms with Crippen molar-refractivity contribution in [3.63, 3.8) is 0 Å². The van der Waals surface area contributed by atoms with E-state index in [0.29, 0.717) is 5.75 Å². The molecule has 0 unspecified atom stereocenters. The van der Waals surface area contributed by atoms with E-state index >= 15 is 0 Å². The Morgan fingerprint density at radius 2 is 1.48 bits per heavy atom. The van der Waals surface area contributed by atoms with E-state index in [4.69, 9.17) is 4.74 Å². The van der Waals surface area contributed by atoms with Gasteiger partial charge in [0.1, 0.15) is 11.5 Å². The van der Waals surface area contributed by atoms with Crippen LogP contribution in [0, 0.1) is 6.92 Å². The van der Waals surface area contributed by atoms with Crippen molar-refractivity contribution in [2.75, 3.05) is 7.11 Å². The molecule has 0 bridgehead atoms.